The SMILES string of the molecule is CN(C)Cc1cncc(-c2cc(F)c3n[nH]c(-c4nc5nccc(-c6ccc(F)cc6)c5[nH]4)c3c2)c1. The van der Waals surface area contributed by atoms with Crippen LogP contribution in [0, 0.1) is 11.6 Å². The van der Waals surface area contributed by atoms with Crippen LogP contribution in [0.25, 0.3) is 55.8 Å². The fourth-order valence-electron chi connectivity index (χ4n) is 4.42. The summed E-state index contributed by atoms with van der Waals surface area (Å²) in [5.74, 6) is -0.270. The highest BCUT2D eigenvalue weighted by Crippen LogP contribution is 2.34. The Morgan fingerprint density at radius 1 is 0.917 bits per heavy atom. The van der Waals surface area contributed by atoms with E-state index in [1.807, 2.05) is 38.5 Å². The van der Waals surface area contributed by atoms with Crippen LogP contribution in [0.15, 0.2) is 67.1 Å². The number of fused-ring (bicyclic) bond motifs is 2. The van der Waals surface area contributed by atoms with Gasteiger partial charge in [0.05, 0.1) is 5.52 Å². The van der Waals surface area contributed by atoms with Gasteiger partial charge in [0.25, 0.3) is 0 Å². The van der Waals surface area contributed by atoms with E-state index in [0.29, 0.717) is 33.6 Å². The third-order valence-electron chi connectivity index (χ3n) is 6.02. The van der Waals surface area contributed by atoms with E-state index in [0.717, 1.165) is 28.8 Å². The second-order valence-corrected chi connectivity index (χ2v) is 8.92. The van der Waals surface area contributed by atoms with Crippen molar-refractivity contribution in [2.24, 2.45) is 0 Å². The fraction of sp³-hybridized carbons (Fsp3) is 0.111. The molecule has 0 spiro atoms. The zero-order chi connectivity index (χ0) is 24.8. The summed E-state index contributed by atoms with van der Waals surface area (Å²) in [5, 5.41) is 7.72. The molecule has 36 heavy (non-hydrogen) atoms. The van der Waals surface area contributed by atoms with Crippen molar-refractivity contribution in [2.45, 2.75) is 6.54 Å². The first-order valence-corrected chi connectivity index (χ1v) is 11.3. The molecule has 0 saturated heterocycles. The molecular weight excluding hydrogens is 460 g/mol. The van der Waals surface area contributed by atoms with Gasteiger partial charge in [0.15, 0.2) is 17.3 Å². The predicted molar refractivity (Wildman–Crippen MR) is 135 cm³/mol. The maximum Gasteiger partial charge on any atom is 0.178 e. The van der Waals surface area contributed by atoms with Gasteiger partial charge in [0.2, 0.25) is 0 Å². The van der Waals surface area contributed by atoms with Crippen molar-refractivity contribution in [3.05, 3.63) is 84.3 Å². The minimum absolute atomic E-state index is 0.221. The van der Waals surface area contributed by atoms with Gasteiger partial charge >= 0.3 is 0 Å². The monoisotopic (exact) mass is 481 g/mol. The van der Waals surface area contributed by atoms with E-state index in [-0.39, 0.29) is 11.3 Å². The van der Waals surface area contributed by atoms with E-state index >= 15 is 4.39 Å². The Hall–Kier alpha value is -4.50. The first-order valence-electron chi connectivity index (χ1n) is 11.3. The summed E-state index contributed by atoms with van der Waals surface area (Å²) in [6.45, 7) is 0.727. The van der Waals surface area contributed by atoms with Gasteiger partial charge in [0.1, 0.15) is 17.0 Å². The number of pyridine rings is 2. The number of hydrogen-bond acceptors (Lipinski definition) is 5. The van der Waals surface area contributed by atoms with Crippen LogP contribution in [0.4, 0.5) is 8.78 Å². The van der Waals surface area contributed by atoms with Crippen LogP contribution in [0.3, 0.4) is 0 Å². The lowest BCUT2D eigenvalue weighted by Gasteiger charge is -2.10. The van der Waals surface area contributed by atoms with Crippen LogP contribution >= 0.6 is 0 Å². The summed E-state index contributed by atoms with van der Waals surface area (Å²) in [6.07, 6.45) is 5.18. The lowest BCUT2D eigenvalue weighted by Crippen LogP contribution is -2.10. The molecule has 9 heteroatoms. The van der Waals surface area contributed by atoms with Crippen molar-refractivity contribution in [2.75, 3.05) is 14.1 Å². The van der Waals surface area contributed by atoms with Crippen LogP contribution in [-0.4, -0.2) is 49.1 Å². The average molecular weight is 482 g/mol. The smallest absolute Gasteiger partial charge is 0.178 e. The number of imidazole rings is 1. The number of nitrogens with zero attached hydrogens (tertiary/aromatic N) is 5. The number of hydrogen-bond donors (Lipinski definition) is 2. The molecule has 2 N–H and O–H groups in total. The molecule has 0 bridgehead atoms. The summed E-state index contributed by atoms with van der Waals surface area (Å²) >= 11 is 0. The van der Waals surface area contributed by atoms with Gasteiger partial charge in [-0.2, -0.15) is 5.10 Å². The molecule has 0 unspecified atom stereocenters. The molecule has 6 rings (SSSR count). The fourth-order valence-corrected chi connectivity index (χ4v) is 4.42. The quantitative estimate of drug-likeness (QED) is 0.336. The van der Waals surface area contributed by atoms with E-state index in [4.69, 9.17) is 0 Å². The Labute approximate surface area is 204 Å². The summed E-state index contributed by atoms with van der Waals surface area (Å²) in [6, 6.07) is 13.4. The number of H-pyrrole nitrogens is 2. The number of halogens is 2. The highest BCUT2D eigenvalue weighted by molar-refractivity contribution is 5.97. The van der Waals surface area contributed by atoms with Gasteiger partial charge in [0, 0.05) is 41.6 Å². The van der Waals surface area contributed by atoms with Crippen LogP contribution < -0.4 is 0 Å². The maximum absolute atomic E-state index is 15.1. The molecule has 0 saturated carbocycles. The van der Waals surface area contributed by atoms with Crippen molar-refractivity contribution >= 4 is 22.1 Å². The zero-order valence-corrected chi connectivity index (χ0v) is 19.5. The third kappa shape index (κ3) is 3.89. The minimum atomic E-state index is -0.441. The highest BCUT2D eigenvalue weighted by Gasteiger charge is 2.18. The summed E-state index contributed by atoms with van der Waals surface area (Å²) in [4.78, 5) is 18.7. The lowest BCUT2D eigenvalue weighted by molar-refractivity contribution is 0.402. The molecule has 0 aliphatic rings. The predicted octanol–water partition coefficient (Wildman–Crippen LogP) is 5.57. The van der Waals surface area contributed by atoms with Crippen molar-refractivity contribution in [3.8, 4) is 33.8 Å². The molecule has 4 heterocycles. The van der Waals surface area contributed by atoms with Gasteiger partial charge in [-0.1, -0.05) is 12.1 Å². The van der Waals surface area contributed by atoms with E-state index in [2.05, 4.69) is 35.0 Å². The average Bonchev–Trinajstić information content (AvgIpc) is 3.48. The van der Waals surface area contributed by atoms with Crippen LogP contribution in [0.1, 0.15) is 5.56 Å². The molecule has 2 aromatic carbocycles. The molecule has 0 fully saturated rings. The molecule has 4 aromatic heterocycles. The van der Waals surface area contributed by atoms with Crippen molar-refractivity contribution in [1.29, 1.82) is 0 Å². The van der Waals surface area contributed by atoms with Gasteiger partial charge < -0.3 is 9.88 Å². The highest BCUT2D eigenvalue weighted by atomic mass is 19.1. The standard InChI is InChI=1S/C27H21F2N7/c1-36(2)14-15-9-18(13-30-12-15)17-10-21-23(22(29)11-17)34-35-25(21)27-32-24-20(7-8-31-26(24)33-27)16-3-5-19(28)6-4-16/h3-13H,14H2,1-2H3,(H,34,35)(H,31,32,33). The van der Waals surface area contributed by atoms with E-state index in [1.54, 1.807) is 24.5 Å². The van der Waals surface area contributed by atoms with E-state index in [1.165, 1.54) is 18.2 Å². The molecule has 7 nitrogen and oxygen atoms in total. The number of benzene rings is 2. The van der Waals surface area contributed by atoms with Gasteiger partial charge in [-0.3, -0.25) is 10.1 Å². The first kappa shape index (κ1) is 22.0. The van der Waals surface area contributed by atoms with E-state index < -0.39 is 5.82 Å². The van der Waals surface area contributed by atoms with Crippen LogP contribution in [0.2, 0.25) is 0 Å². The summed E-state index contributed by atoms with van der Waals surface area (Å²) in [7, 11) is 3.97. The third-order valence-corrected chi connectivity index (χ3v) is 6.02. The molecule has 6 aromatic rings. The largest absolute Gasteiger partial charge is 0.335 e. The molecule has 0 radical (unpaired) electrons. The molecular formula is C27H21F2N7. The Balaban J connectivity index is 1.47. The molecule has 0 atom stereocenters. The lowest BCUT2D eigenvalue weighted by atomic mass is 10.0. The minimum Gasteiger partial charge on any atom is -0.335 e. The second-order valence-electron chi connectivity index (χ2n) is 8.92. The van der Waals surface area contributed by atoms with Crippen molar-refractivity contribution < 1.29 is 8.78 Å². The Bertz CT molecular complexity index is 1720. The molecule has 0 aliphatic heterocycles. The van der Waals surface area contributed by atoms with Gasteiger partial charge in [-0.05, 0) is 67.2 Å². The van der Waals surface area contributed by atoms with Crippen LogP contribution in [0.5, 0.6) is 0 Å². The van der Waals surface area contributed by atoms with Gasteiger partial charge in [-0.15, -0.1) is 0 Å². The first-order chi connectivity index (χ1) is 17.5. The summed E-state index contributed by atoms with van der Waals surface area (Å²) in [5.41, 5.74) is 6.15. The molecule has 0 amide bonds. The Kier molecular flexibility index (Phi) is 5.26. The van der Waals surface area contributed by atoms with Gasteiger partial charge in [-0.25, -0.2) is 18.7 Å². The number of rotatable bonds is 5. The Morgan fingerprint density at radius 2 is 1.75 bits per heavy atom. The van der Waals surface area contributed by atoms with E-state index in [9.17, 15) is 4.39 Å². The topological polar surface area (TPSA) is 86.4 Å². The number of aromatic amines is 2. The molecule has 0 aliphatic carbocycles. The normalized spacial score (nSPS) is 11.7. The Morgan fingerprint density at radius 3 is 2.56 bits per heavy atom. The number of nitrogens with one attached hydrogen (secondary N) is 2. The van der Waals surface area contributed by atoms with Crippen molar-refractivity contribution in [3.63, 3.8) is 0 Å². The second kappa shape index (κ2) is 8.62. The number of aromatic nitrogens is 6. The zero-order valence-electron chi connectivity index (χ0n) is 19.5. The van der Waals surface area contributed by atoms with Crippen molar-refractivity contribution in [1.82, 2.24) is 35.0 Å². The van der Waals surface area contributed by atoms with Crippen LogP contribution in [-0.2, 0) is 6.54 Å². The maximum atomic E-state index is 15.1. The summed E-state index contributed by atoms with van der Waals surface area (Å²) < 4.78 is 28.5. The molecule has 178 valence electrons.